The number of nitrogens with two attached hydrogens (primary N) is 2. The predicted octanol–water partition coefficient (Wildman–Crippen LogP) is 13.1. The van der Waals surface area contributed by atoms with E-state index in [4.69, 9.17) is 11.5 Å². The molecule has 3 aliphatic rings. The first-order chi connectivity index (χ1) is 28.1. The summed E-state index contributed by atoms with van der Waals surface area (Å²) in [5.74, 6) is 0. The summed E-state index contributed by atoms with van der Waals surface area (Å²) in [7, 11) is 0. The Morgan fingerprint density at radius 2 is 1.16 bits per heavy atom. The zero-order valence-corrected chi connectivity index (χ0v) is 31.8. The molecule has 0 unspecified atom stereocenters. The zero-order valence-electron chi connectivity index (χ0n) is 31.8. The molecule has 2 heteroatoms. The minimum atomic E-state index is -0.528. The van der Waals surface area contributed by atoms with E-state index in [1.165, 1.54) is 82.4 Å². The van der Waals surface area contributed by atoms with Crippen molar-refractivity contribution in [2.75, 3.05) is 0 Å². The Morgan fingerprint density at radius 1 is 0.561 bits per heavy atom. The smallest absolute Gasteiger partial charge is 0.0732 e. The number of benzene rings is 8. The van der Waals surface area contributed by atoms with Gasteiger partial charge in [0.05, 0.1) is 5.41 Å². The molecule has 11 rings (SSSR count). The monoisotopic (exact) mass is 728 g/mol. The minimum Gasteiger partial charge on any atom is -0.401 e. The number of allylic oxidation sites excluding steroid dienone is 8. The van der Waals surface area contributed by atoms with Crippen LogP contribution in [0.2, 0.25) is 0 Å². The molecule has 0 heterocycles. The van der Waals surface area contributed by atoms with Gasteiger partial charge in [-0.2, -0.15) is 0 Å². The van der Waals surface area contributed by atoms with Gasteiger partial charge in [-0.1, -0.05) is 170 Å². The molecule has 0 fully saturated rings. The molecule has 0 saturated carbocycles. The molecular formula is C55H40N2. The van der Waals surface area contributed by atoms with E-state index in [0.717, 1.165) is 28.0 Å². The second kappa shape index (κ2) is 12.7. The van der Waals surface area contributed by atoms with Crippen molar-refractivity contribution in [3.63, 3.8) is 0 Å². The molecule has 0 aromatic heterocycles. The second-order valence-corrected chi connectivity index (χ2v) is 15.5. The molecule has 0 radical (unpaired) electrons. The van der Waals surface area contributed by atoms with Crippen LogP contribution in [0, 0.1) is 0 Å². The number of rotatable bonds is 4. The Morgan fingerprint density at radius 3 is 1.84 bits per heavy atom. The molecule has 57 heavy (non-hydrogen) atoms. The fraction of sp³-hybridized carbons (Fsp3) is 0.0545. The Kier molecular flexibility index (Phi) is 7.39. The van der Waals surface area contributed by atoms with Crippen LogP contribution in [-0.4, -0.2) is 0 Å². The van der Waals surface area contributed by atoms with Crippen LogP contribution in [-0.2, 0) is 5.41 Å². The largest absolute Gasteiger partial charge is 0.401 e. The molecular weight excluding hydrogens is 689 g/mol. The molecule has 3 aliphatic carbocycles. The lowest BCUT2D eigenvalue weighted by Gasteiger charge is -2.32. The first-order valence-corrected chi connectivity index (χ1v) is 19.8. The molecule has 2 nitrogen and oxygen atoms in total. The van der Waals surface area contributed by atoms with Crippen LogP contribution in [0.1, 0.15) is 41.2 Å². The average Bonchev–Trinajstić information content (AvgIpc) is 3.74. The quantitative estimate of drug-likeness (QED) is 0.177. The van der Waals surface area contributed by atoms with Crippen LogP contribution in [0.15, 0.2) is 205 Å². The third kappa shape index (κ3) is 4.71. The van der Waals surface area contributed by atoms with Crippen LogP contribution in [0.5, 0.6) is 0 Å². The van der Waals surface area contributed by atoms with Gasteiger partial charge in [0, 0.05) is 17.8 Å². The summed E-state index contributed by atoms with van der Waals surface area (Å²) >= 11 is 0. The lowest BCUT2D eigenvalue weighted by Crippen LogP contribution is -2.26. The highest BCUT2D eigenvalue weighted by molar-refractivity contribution is 6.24. The maximum Gasteiger partial charge on any atom is 0.0732 e. The van der Waals surface area contributed by atoms with Crippen LogP contribution in [0.4, 0.5) is 0 Å². The minimum absolute atomic E-state index is 0.528. The highest BCUT2D eigenvalue weighted by atomic mass is 14.6. The van der Waals surface area contributed by atoms with Gasteiger partial charge in [-0.25, -0.2) is 0 Å². The highest BCUT2D eigenvalue weighted by Gasteiger charge is 2.53. The normalized spacial score (nSPS) is 15.9. The Hall–Kier alpha value is -7.16. The van der Waals surface area contributed by atoms with Crippen molar-refractivity contribution >= 4 is 38.0 Å². The van der Waals surface area contributed by atoms with Gasteiger partial charge in [0.1, 0.15) is 0 Å². The molecule has 0 bridgehead atoms. The van der Waals surface area contributed by atoms with Crippen molar-refractivity contribution in [3.05, 3.63) is 233 Å². The van der Waals surface area contributed by atoms with E-state index >= 15 is 0 Å². The Bertz CT molecular complexity index is 3140. The van der Waals surface area contributed by atoms with E-state index in [-0.39, 0.29) is 0 Å². The summed E-state index contributed by atoms with van der Waals surface area (Å²) in [6.07, 6.45) is 13.1. The number of hydrogen-bond donors (Lipinski definition) is 2. The molecule has 0 amide bonds. The number of hydrogen-bond acceptors (Lipinski definition) is 2. The summed E-state index contributed by atoms with van der Waals surface area (Å²) in [5.41, 5.74) is 30.5. The molecule has 4 N–H and O–H groups in total. The van der Waals surface area contributed by atoms with Crippen LogP contribution in [0.3, 0.4) is 0 Å². The van der Waals surface area contributed by atoms with Crippen LogP contribution >= 0.6 is 0 Å². The molecule has 1 spiro atoms. The van der Waals surface area contributed by atoms with Crippen LogP contribution < -0.4 is 11.5 Å². The van der Waals surface area contributed by atoms with Crippen molar-refractivity contribution < 1.29 is 0 Å². The van der Waals surface area contributed by atoms with Crippen molar-refractivity contribution in [3.8, 4) is 33.4 Å². The van der Waals surface area contributed by atoms with E-state index in [0.29, 0.717) is 12.1 Å². The third-order valence-corrected chi connectivity index (χ3v) is 12.5. The van der Waals surface area contributed by atoms with Gasteiger partial charge >= 0.3 is 0 Å². The van der Waals surface area contributed by atoms with E-state index in [1.807, 2.05) is 19.1 Å². The first kappa shape index (κ1) is 33.2. The number of fused-ring (bicyclic) bond motifs is 17. The van der Waals surface area contributed by atoms with Crippen molar-refractivity contribution in [2.24, 2.45) is 11.5 Å². The fourth-order valence-corrected chi connectivity index (χ4v) is 10.2. The van der Waals surface area contributed by atoms with Gasteiger partial charge in [0.25, 0.3) is 0 Å². The SMILES string of the molecule is C/C=C\C1=C(N)C/C(=C\C=C(/N)c2cccc(-c3cc4c(c5ccccc35)-c3c(c5ccccc5c5ccccc35)C43c4ccccc4-c4ccccc43)c2)C=C1. The van der Waals surface area contributed by atoms with E-state index in [1.54, 1.807) is 0 Å². The lowest BCUT2D eigenvalue weighted by molar-refractivity contribution is 0.803. The molecule has 0 atom stereocenters. The summed E-state index contributed by atoms with van der Waals surface area (Å²) in [5, 5.41) is 7.66. The second-order valence-electron chi connectivity index (χ2n) is 15.5. The van der Waals surface area contributed by atoms with Gasteiger partial charge in [-0.3, -0.25) is 0 Å². The first-order valence-electron chi connectivity index (χ1n) is 19.8. The lowest BCUT2D eigenvalue weighted by atomic mass is 9.68. The van der Waals surface area contributed by atoms with E-state index in [2.05, 4.69) is 176 Å². The topological polar surface area (TPSA) is 52.0 Å². The van der Waals surface area contributed by atoms with Crippen molar-refractivity contribution in [1.82, 2.24) is 0 Å². The maximum atomic E-state index is 6.87. The summed E-state index contributed by atoms with van der Waals surface area (Å²) in [6.45, 7) is 2.01. The van der Waals surface area contributed by atoms with Gasteiger partial charge in [0.2, 0.25) is 0 Å². The molecule has 8 aromatic carbocycles. The standard InChI is InChI=1S/C55H40N2/c1-2-14-35-29-27-34(31-51(35)57)28-30-50(56)37-16-13-15-36(32-37)46-33-49-52(43-22-6-4-19-40(43)46)53-44-23-7-3-17-38(44)39-18-5-8-24-45(39)54(53)55(49)47-25-11-9-20-41(47)42-21-10-12-26-48(42)55/h2-30,32-33H,31,56-57H2,1H3/b14-2-,34-28-,50-30-. The zero-order chi connectivity index (χ0) is 38.3. The van der Waals surface area contributed by atoms with Gasteiger partial charge in [-0.05, 0) is 130 Å². The van der Waals surface area contributed by atoms with Crippen molar-refractivity contribution in [1.29, 1.82) is 0 Å². The van der Waals surface area contributed by atoms with Crippen molar-refractivity contribution in [2.45, 2.75) is 18.8 Å². The Labute approximate surface area is 333 Å². The fourth-order valence-electron chi connectivity index (χ4n) is 10.2. The van der Waals surface area contributed by atoms with Crippen LogP contribution in [0.25, 0.3) is 71.4 Å². The molecule has 0 saturated heterocycles. The van der Waals surface area contributed by atoms with Gasteiger partial charge in [0.15, 0.2) is 0 Å². The summed E-state index contributed by atoms with van der Waals surface area (Å²) in [6, 6.07) is 56.5. The summed E-state index contributed by atoms with van der Waals surface area (Å²) in [4.78, 5) is 0. The van der Waals surface area contributed by atoms with E-state index < -0.39 is 5.41 Å². The van der Waals surface area contributed by atoms with Gasteiger partial charge in [-0.15, -0.1) is 0 Å². The predicted molar refractivity (Wildman–Crippen MR) is 241 cm³/mol. The van der Waals surface area contributed by atoms with Gasteiger partial charge < -0.3 is 11.5 Å². The average molecular weight is 729 g/mol. The third-order valence-electron chi connectivity index (χ3n) is 12.5. The molecule has 0 aliphatic heterocycles. The molecule has 8 aromatic rings. The Balaban J connectivity index is 1.19. The van der Waals surface area contributed by atoms with E-state index in [9.17, 15) is 0 Å². The summed E-state index contributed by atoms with van der Waals surface area (Å²) < 4.78 is 0. The maximum absolute atomic E-state index is 6.87. The molecule has 270 valence electrons. The highest BCUT2D eigenvalue weighted by Crippen LogP contribution is 2.67.